The Morgan fingerprint density at radius 3 is 2.88 bits per heavy atom. The van der Waals surface area contributed by atoms with Gasteiger partial charge in [-0.15, -0.1) is 11.8 Å². The number of thioether (sulfide) groups is 1. The Morgan fingerprint density at radius 2 is 2.18 bits per heavy atom. The molecule has 0 N–H and O–H groups in total. The highest BCUT2D eigenvalue weighted by atomic mass is 32.2. The minimum atomic E-state index is -0.0977. The lowest BCUT2D eigenvalue weighted by Gasteiger charge is -2.19. The number of methoxy groups -OCH3 is 1. The van der Waals surface area contributed by atoms with Gasteiger partial charge < -0.3 is 14.2 Å². The van der Waals surface area contributed by atoms with E-state index in [1.165, 1.54) is 5.56 Å². The first-order valence-corrected chi connectivity index (χ1v) is 6.89. The number of hydrogen-bond acceptors (Lipinski definition) is 4. The summed E-state index contributed by atoms with van der Waals surface area (Å²) in [6.07, 6.45) is 0.267. The van der Waals surface area contributed by atoms with E-state index >= 15 is 0 Å². The average molecular weight is 252 g/mol. The van der Waals surface area contributed by atoms with Gasteiger partial charge in [-0.05, 0) is 5.56 Å². The molecule has 0 spiro atoms. The van der Waals surface area contributed by atoms with Crippen molar-refractivity contribution in [3.05, 3.63) is 35.9 Å². The number of benzene rings is 1. The molecule has 2 heterocycles. The third-order valence-corrected chi connectivity index (χ3v) is 4.63. The highest BCUT2D eigenvalue weighted by molar-refractivity contribution is 8.00. The van der Waals surface area contributed by atoms with Gasteiger partial charge in [0.15, 0.2) is 6.29 Å². The van der Waals surface area contributed by atoms with Gasteiger partial charge in [0.05, 0.1) is 18.0 Å². The maximum atomic E-state index is 5.98. The zero-order valence-corrected chi connectivity index (χ0v) is 10.6. The molecule has 2 saturated heterocycles. The van der Waals surface area contributed by atoms with Crippen molar-refractivity contribution in [2.45, 2.75) is 30.4 Å². The Balaban J connectivity index is 1.60. The van der Waals surface area contributed by atoms with Crippen LogP contribution in [0.5, 0.6) is 0 Å². The predicted molar refractivity (Wildman–Crippen MR) is 66.9 cm³/mol. The molecule has 1 aromatic carbocycles. The first-order chi connectivity index (χ1) is 8.38. The summed E-state index contributed by atoms with van der Waals surface area (Å²) in [6.45, 7) is 0.652. The van der Waals surface area contributed by atoms with Gasteiger partial charge >= 0.3 is 0 Å². The van der Waals surface area contributed by atoms with Crippen LogP contribution in [-0.2, 0) is 20.8 Å². The zero-order valence-electron chi connectivity index (χ0n) is 9.74. The van der Waals surface area contributed by atoms with E-state index in [1.807, 2.05) is 30.0 Å². The summed E-state index contributed by atoms with van der Waals surface area (Å²) < 4.78 is 17.0. The first-order valence-electron chi connectivity index (χ1n) is 5.84. The van der Waals surface area contributed by atoms with E-state index in [0.29, 0.717) is 11.9 Å². The first kappa shape index (κ1) is 11.5. The van der Waals surface area contributed by atoms with Gasteiger partial charge in [0.1, 0.15) is 6.10 Å². The lowest BCUT2D eigenvalue weighted by molar-refractivity contribution is -0.115. The van der Waals surface area contributed by atoms with Crippen molar-refractivity contribution in [2.24, 2.45) is 0 Å². The lowest BCUT2D eigenvalue weighted by atomic mass is 10.2. The molecule has 3 nitrogen and oxygen atoms in total. The molecule has 4 atom stereocenters. The van der Waals surface area contributed by atoms with Gasteiger partial charge in [-0.1, -0.05) is 30.3 Å². The molecule has 2 unspecified atom stereocenters. The summed E-state index contributed by atoms with van der Waals surface area (Å²) >= 11 is 1.89. The highest BCUT2D eigenvalue weighted by Crippen LogP contribution is 2.42. The van der Waals surface area contributed by atoms with E-state index in [-0.39, 0.29) is 18.5 Å². The largest absolute Gasteiger partial charge is 0.369 e. The zero-order chi connectivity index (χ0) is 11.7. The van der Waals surface area contributed by atoms with E-state index in [4.69, 9.17) is 14.2 Å². The van der Waals surface area contributed by atoms with Crippen molar-refractivity contribution in [2.75, 3.05) is 12.9 Å². The van der Waals surface area contributed by atoms with E-state index in [2.05, 4.69) is 12.1 Å². The van der Waals surface area contributed by atoms with Gasteiger partial charge in [-0.25, -0.2) is 0 Å². The molecule has 2 aliphatic rings. The highest BCUT2D eigenvalue weighted by Gasteiger charge is 2.51. The third kappa shape index (κ3) is 2.22. The van der Waals surface area contributed by atoms with E-state index in [9.17, 15) is 0 Å². The summed E-state index contributed by atoms with van der Waals surface area (Å²) in [5.74, 6) is 1.02. The quantitative estimate of drug-likeness (QED) is 0.820. The van der Waals surface area contributed by atoms with Crippen molar-refractivity contribution < 1.29 is 14.2 Å². The molecule has 2 fully saturated rings. The standard InChI is InChI=1S/C13H16O3S/c1-14-13-12-11(10(16-13)8-17-12)15-7-9-5-3-2-4-6-9/h2-6,10-13H,7-8H2,1H3/t10?,11-,12?,13+/m0/s1. The Morgan fingerprint density at radius 1 is 1.35 bits per heavy atom. The molecule has 2 aliphatic heterocycles. The summed E-state index contributed by atoms with van der Waals surface area (Å²) in [5, 5.41) is 0.328. The smallest absolute Gasteiger partial charge is 0.172 e. The fourth-order valence-electron chi connectivity index (χ4n) is 2.37. The number of fused-ring (bicyclic) bond motifs is 2. The predicted octanol–water partition coefficient (Wildman–Crippen LogP) is 2.06. The lowest BCUT2D eigenvalue weighted by Crippen LogP contribution is -2.28. The second kappa shape index (κ2) is 4.98. The molecule has 92 valence electrons. The van der Waals surface area contributed by atoms with Gasteiger partial charge in [0, 0.05) is 12.9 Å². The van der Waals surface area contributed by atoms with Crippen LogP contribution in [0.15, 0.2) is 30.3 Å². The van der Waals surface area contributed by atoms with Gasteiger partial charge in [-0.3, -0.25) is 0 Å². The van der Waals surface area contributed by atoms with E-state index in [0.717, 1.165) is 5.75 Å². The van der Waals surface area contributed by atoms with Crippen LogP contribution in [0.4, 0.5) is 0 Å². The van der Waals surface area contributed by atoms with Crippen LogP contribution < -0.4 is 0 Å². The molecular weight excluding hydrogens is 236 g/mol. The van der Waals surface area contributed by atoms with Crippen LogP contribution in [0.25, 0.3) is 0 Å². The minimum absolute atomic E-state index is 0.0977. The van der Waals surface area contributed by atoms with Crippen LogP contribution in [0.2, 0.25) is 0 Å². The van der Waals surface area contributed by atoms with E-state index in [1.54, 1.807) is 7.11 Å². The van der Waals surface area contributed by atoms with Crippen LogP contribution in [0.1, 0.15) is 5.56 Å². The summed E-state index contributed by atoms with van der Waals surface area (Å²) in [7, 11) is 1.69. The third-order valence-electron chi connectivity index (χ3n) is 3.24. The molecular formula is C13H16O3S. The molecule has 0 saturated carbocycles. The second-order valence-corrected chi connectivity index (χ2v) is 5.55. The van der Waals surface area contributed by atoms with Gasteiger partial charge in [-0.2, -0.15) is 0 Å². The summed E-state index contributed by atoms with van der Waals surface area (Å²) in [5.41, 5.74) is 1.21. The number of hydrogen-bond donors (Lipinski definition) is 0. The van der Waals surface area contributed by atoms with E-state index < -0.39 is 0 Å². The normalized spacial score (nSPS) is 35.4. The molecule has 0 aromatic heterocycles. The Kier molecular flexibility index (Phi) is 3.38. The molecule has 0 radical (unpaired) electrons. The van der Waals surface area contributed by atoms with Crippen LogP contribution in [0, 0.1) is 0 Å². The van der Waals surface area contributed by atoms with Crippen LogP contribution in [-0.4, -0.2) is 36.6 Å². The molecule has 0 amide bonds. The fraction of sp³-hybridized carbons (Fsp3) is 0.538. The van der Waals surface area contributed by atoms with Gasteiger partial charge in [0.2, 0.25) is 0 Å². The van der Waals surface area contributed by atoms with Crippen molar-refractivity contribution >= 4 is 11.8 Å². The molecule has 1 aromatic rings. The molecule has 0 aliphatic carbocycles. The Bertz CT molecular complexity index is 370. The Hall–Kier alpha value is -0.550. The number of rotatable bonds is 4. The minimum Gasteiger partial charge on any atom is -0.369 e. The molecule has 3 rings (SSSR count). The SMILES string of the molecule is CO[C@@H]1OC2CSC1[C@H]2OCc1ccccc1. The van der Waals surface area contributed by atoms with Crippen molar-refractivity contribution in [3.63, 3.8) is 0 Å². The van der Waals surface area contributed by atoms with Gasteiger partial charge in [0.25, 0.3) is 0 Å². The molecule has 17 heavy (non-hydrogen) atoms. The maximum Gasteiger partial charge on any atom is 0.172 e. The summed E-state index contributed by atoms with van der Waals surface area (Å²) in [4.78, 5) is 0. The van der Waals surface area contributed by atoms with Crippen LogP contribution >= 0.6 is 11.8 Å². The van der Waals surface area contributed by atoms with Crippen molar-refractivity contribution in [1.82, 2.24) is 0 Å². The second-order valence-electron chi connectivity index (χ2n) is 4.34. The number of ether oxygens (including phenoxy) is 3. The van der Waals surface area contributed by atoms with Crippen LogP contribution in [0.3, 0.4) is 0 Å². The van der Waals surface area contributed by atoms with Crippen molar-refractivity contribution in [3.8, 4) is 0 Å². The molecule has 2 bridgehead atoms. The average Bonchev–Trinajstić information content (AvgIpc) is 2.94. The fourth-order valence-corrected chi connectivity index (χ4v) is 3.82. The molecule has 4 heteroatoms. The maximum absolute atomic E-state index is 5.98. The summed E-state index contributed by atoms with van der Waals surface area (Å²) in [6, 6.07) is 10.2. The topological polar surface area (TPSA) is 27.7 Å². The van der Waals surface area contributed by atoms with Crippen molar-refractivity contribution in [1.29, 1.82) is 0 Å². The monoisotopic (exact) mass is 252 g/mol. The Labute approximate surface area is 105 Å².